The summed E-state index contributed by atoms with van der Waals surface area (Å²) in [6.07, 6.45) is 1.60. The number of benzene rings is 3. The minimum Gasteiger partial charge on any atom is -0.487 e. The molecule has 0 heterocycles. The van der Waals surface area contributed by atoms with Gasteiger partial charge in [-0.25, -0.2) is 4.79 Å². The Balaban J connectivity index is 2.17. The van der Waals surface area contributed by atoms with Gasteiger partial charge in [0.15, 0.2) is 0 Å². The zero-order chi connectivity index (χ0) is 24.4. The molecule has 0 aliphatic heterocycles. The fourth-order valence-electron chi connectivity index (χ4n) is 3.59. The molecule has 0 aliphatic rings. The molecule has 1 N–H and O–H groups in total. The molecule has 5 heteroatoms. The molecule has 0 bridgehead atoms. The van der Waals surface area contributed by atoms with Crippen LogP contribution in [0.25, 0.3) is 10.8 Å². The van der Waals surface area contributed by atoms with Crippen LogP contribution in [0.3, 0.4) is 0 Å². The van der Waals surface area contributed by atoms with Crippen molar-refractivity contribution >= 4 is 16.7 Å². The molecule has 3 aromatic rings. The summed E-state index contributed by atoms with van der Waals surface area (Å²) in [6, 6.07) is 16.8. The van der Waals surface area contributed by atoms with Gasteiger partial charge in [0.25, 0.3) is 0 Å². The fraction of sp³-hybridized carbons (Fsp3) is 0.357. The van der Waals surface area contributed by atoms with Gasteiger partial charge < -0.3 is 14.6 Å². The van der Waals surface area contributed by atoms with E-state index in [-0.39, 0.29) is 11.0 Å². The summed E-state index contributed by atoms with van der Waals surface area (Å²) in [5.74, 6) is 0.250. The molecule has 0 aliphatic carbocycles. The summed E-state index contributed by atoms with van der Waals surface area (Å²) in [7, 11) is 0. The van der Waals surface area contributed by atoms with Crippen molar-refractivity contribution in [1.29, 1.82) is 5.26 Å². The van der Waals surface area contributed by atoms with Gasteiger partial charge in [-0.1, -0.05) is 52.0 Å². The first-order valence-electron chi connectivity index (χ1n) is 11.2. The summed E-state index contributed by atoms with van der Waals surface area (Å²) in [5.41, 5.74) is 0.846. The minimum absolute atomic E-state index is 0.102. The predicted octanol–water partition coefficient (Wildman–Crippen LogP) is 7.46. The lowest BCUT2D eigenvalue weighted by Crippen LogP contribution is -2.27. The molecule has 33 heavy (non-hydrogen) atoms. The van der Waals surface area contributed by atoms with Crippen LogP contribution in [0.4, 0.5) is 0 Å². The third-order valence-electron chi connectivity index (χ3n) is 6.38. The van der Waals surface area contributed by atoms with Crippen molar-refractivity contribution in [3.8, 4) is 23.3 Å². The van der Waals surface area contributed by atoms with Crippen LogP contribution in [-0.2, 0) is 5.41 Å². The molecule has 0 spiro atoms. The van der Waals surface area contributed by atoms with E-state index in [1.54, 1.807) is 18.2 Å². The smallest absolute Gasteiger partial charge is 0.339 e. The highest BCUT2D eigenvalue weighted by Crippen LogP contribution is 2.39. The Hall–Kier alpha value is -3.52. The van der Waals surface area contributed by atoms with E-state index in [0.717, 1.165) is 17.4 Å². The van der Waals surface area contributed by atoms with Crippen molar-refractivity contribution in [2.75, 3.05) is 0 Å². The number of ether oxygens (including phenoxy) is 2. The molecule has 5 nitrogen and oxygen atoms in total. The lowest BCUT2D eigenvalue weighted by molar-refractivity contribution is 0.0672. The quantitative estimate of drug-likeness (QED) is 0.389. The number of hydrogen-bond acceptors (Lipinski definition) is 4. The predicted molar refractivity (Wildman–Crippen MR) is 130 cm³/mol. The van der Waals surface area contributed by atoms with E-state index < -0.39 is 11.6 Å². The summed E-state index contributed by atoms with van der Waals surface area (Å²) in [6.45, 7) is 12.1. The van der Waals surface area contributed by atoms with Crippen molar-refractivity contribution in [2.45, 2.75) is 65.4 Å². The monoisotopic (exact) mass is 445 g/mol. The minimum atomic E-state index is -1.05. The standard InChI is InChI=1S/C28H31NO4/c1-7-27(3,4)22-12-10-14-24(21(22)17-29)32-23-13-9-11-18-15-20(26(30)31)25(16-19(18)23)33-28(5,6)8-2/h9-16H,7-8H2,1-6H3,(H,30,31). The highest BCUT2D eigenvalue weighted by atomic mass is 16.5. The largest absolute Gasteiger partial charge is 0.487 e. The van der Waals surface area contributed by atoms with Gasteiger partial charge in [0.2, 0.25) is 0 Å². The number of nitrogens with zero attached hydrogens (tertiary/aromatic N) is 1. The molecule has 0 saturated carbocycles. The van der Waals surface area contributed by atoms with E-state index in [1.807, 2.05) is 51.1 Å². The van der Waals surface area contributed by atoms with Crippen molar-refractivity contribution in [1.82, 2.24) is 0 Å². The number of nitriles is 1. The Kier molecular flexibility index (Phi) is 6.69. The summed E-state index contributed by atoms with van der Waals surface area (Å²) >= 11 is 0. The van der Waals surface area contributed by atoms with Gasteiger partial charge in [-0.2, -0.15) is 5.26 Å². The Morgan fingerprint density at radius 2 is 1.64 bits per heavy atom. The van der Waals surface area contributed by atoms with Crippen LogP contribution in [0, 0.1) is 11.3 Å². The van der Waals surface area contributed by atoms with Crippen LogP contribution in [-0.4, -0.2) is 16.7 Å². The van der Waals surface area contributed by atoms with Crippen molar-refractivity contribution in [2.24, 2.45) is 0 Å². The molecule has 0 unspecified atom stereocenters. The second-order valence-corrected chi connectivity index (χ2v) is 9.48. The van der Waals surface area contributed by atoms with E-state index >= 15 is 0 Å². The number of fused-ring (bicyclic) bond motifs is 1. The molecule has 0 aromatic heterocycles. The van der Waals surface area contributed by atoms with E-state index in [4.69, 9.17) is 9.47 Å². The first kappa shape index (κ1) is 24.1. The fourth-order valence-corrected chi connectivity index (χ4v) is 3.59. The van der Waals surface area contributed by atoms with Crippen LogP contribution >= 0.6 is 0 Å². The molecule has 0 saturated heterocycles. The van der Waals surface area contributed by atoms with Gasteiger partial charge >= 0.3 is 5.97 Å². The van der Waals surface area contributed by atoms with Crippen molar-refractivity contribution in [3.05, 3.63) is 65.2 Å². The normalized spacial score (nSPS) is 11.8. The summed E-state index contributed by atoms with van der Waals surface area (Å²) in [4.78, 5) is 11.9. The first-order chi connectivity index (χ1) is 15.5. The second-order valence-electron chi connectivity index (χ2n) is 9.48. The number of rotatable bonds is 8. The molecular weight excluding hydrogens is 414 g/mol. The number of carbonyl (C=O) groups is 1. The van der Waals surface area contributed by atoms with Gasteiger partial charge in [-0.3, -0.25) is 0 Å². The molecule has 0 atom stereocenters. The van der Waals surface area contributed by atoms with Gasteiger partial charge in [-0.15, -0.1) is 0 Å². The summed E-state index contributed by atoms with van der Waals surface area (Å²) < 4.78 is 12.4. The topological polar surface area (TPSA) is 79.5 Å². The third-order valence-corrected chi connectivity index (χ3v) is 6.38. The van der Waals surface area contributed by atoms with E-state index in [2.05, 4.69) is 26.8 Å². The Morgan fingerprint density at radius 1 is 0.970 bits per heavy atom. The van der Waals surface area contributed by atoms with Crippen LogP contribution in [0.5, 0.6) is 17.2 Å². The maximum atomic E-state index is 11.9. The molecular formula is C28H31NO4. The Labute approximate surface area is 195 Å². The van der Waals surface area contributed by atoms with E-state index in [1.165, 1.54) is 0 Å². The molecule has 0 amide bonds. The van der Waals surface area contributed by atoms with E-state index in [9.17, 15) is 15.2 Å². The molecule has 3 rings (SSSR count). The van der Waals surface area contributed by atoms with Gasteiger partial charge in [0.1, 0.15) is 34.5 Å². The number of aromatic carboxylic acids is 1. The average Bonchev–Trinajstić information content (AvgIpc) is 2.78. The van der Waals surface area contributed by atoms with Crippen LogP contribution in [0.1, 0.15) is 75.9 Å². The van der Waals surface area contributed by atoms with Gasteiger partial charge in [0, 0.05) is 5.39 Å². The van der Waals surface area contributed by atoms with Crippen molar-refractivity contribution < 1.29 is 19.4 Å². The zero-order valence-corrected chi connectivity index (χ0v) is 20.2. The third kappa shape index (κ3) is 4.96. The number of carboxylic acids is 1. The highest BCUT2D eigenvalue weighted by molar-refractivity contribution is 5.99. The highest BCUT2D eigenvalue weighted by Gasteiger charge is 2.25. The number of carboxylic acid groups (broad SMARTS) is 1. The maximum Gasteiger partial charge on any atom is 0.339 e. The lowest BCUT2D eigenvalue weighted by Gasteiger charge is -2.26. The Morgan fingerprint density at radius 3 is 2.24 bits per heavy atom. The molecule has 0 radical (unpaired) electrons. The maximum absolute atomic E-state index is 11.9. The van der Waals surface area contributed by atoms with Crippen LogP contribution < -0.4 is 9.47 Å². The first-order valence-corrected chi connectivity index (χ1v) is 11.2. The zero-order valence-electron chi connectivity index (χ0n) is 20.2. The SMILES string of the molecule is CCC(C)(C)Oc1cc2c(Oc3cccc(C(C)(C)CC)c3C#N)cccc2cc1C(=O)O. The van der Waals surface area contributed by atoms with Gasteiger partial charge in [-0.05, 0) is 67.3 Å². The molecule has 172 valence electrons. The number of hydrogen-bond donors (Lipinski definition) is 1. The van der Waals surface area contributed by atoms with Crippen LogP contribution in [0.15, 0.2) is 48.5 Å². The van der Waals surface area contributed by atoms with E-state index in [0.29, 0.717) is 34.6 Å². The van der Waals surface area contributed by atoms with Gasteiger partial charge in [0.05, 0.1) is 5.56 Å². The second kappa shape index (κ2) is 9.15. The van der Waals surface area contributed by atoms with Crippen molar-refractivity contribution in [3.63, 3.8) is 0 Å². The molecule has 3 aromatic carbocycles. The molecule has 0 fully saturated rings. The summed E-state index contributed by atoms with van der Waals surface area (Å²) in [5, 5.41) is 21.1. The average molecular weight is 446 g/mol. The Bertz CT molecular complexity index is 1230. The van der Waals surface area contributed by atoms with Crippen LogP contribution in [0.2, 0.25) is 0 Å². The lowest BCUT2D eigenvalue weighted by atomic mass is 9.79.